The van der Waals surface area contributed by atoms with Crippen LogP contribution in [0.5, 0.6) is 11.5 Å². The number of nitrogens with two attached hydrogens (primary N) is 1. The van der Waals surface area contributed by atoms with Crippen LogP contribution in [0, 0.1) is 17.7 Å². The van der Waals surface area contributed by atoms with Crippen LogP contribution in [0.1, 0.15) is 25.8 Å². The number of rotatable bonds is 5. The molecule has 0 saturated heterocycles. The summed E-state index contributed by atoms with van der Waals surface area (Å²) in [5.41, 5.74) is 8.37. The Morgan fingerprint density at radius 3 is 2.66 bits per heavy atom. The maximum Gasteiger partial charge on any atom is 0.298 e. The van der Waals surface area contributed by atoms with E-state index in [1.807, 2.05) is 16.8 Å². The first-order valence-corrected chi connectivity index (χ1v) is 11.2. The van der Waals surface area contributed by atoms with Crippen LogP contribution in [-0.2, 0) is 4.79 Å². The van der Waals surface area contributed by atoms with Crippen LogP contribution in [0.15, 0.2) is 54.9 Å². The number of amides is 1. The molecule has 2 N–H and O–H groups in total. The largest absolute Gasteiger partial charge is 0.457 e. The lowest BCUT2D eigenvalue weighted by Crippen LogP contribution is -2.46. The van der Waals surface area contributed by atoms with E-state index in [2.05, 4.69) is 21.8 Å². The first kappa shape index (κ1) is 22.3. The second-order valence-electron chi connectivity index (χ2n) is 8.40. The molecule has 0 atom stereocenters. The van der Waals surface area contributed by atoms with Crippen molar-refractivity contribution in [2.45, 2.75) is 31.8 Å². The number of halogens is 1. The molecule has 0 spiro atoms. The summed E-state index contributed by atoms with van der Waals surface area (Å²) in [6.45, 7) is 1.65. The molecule has 8 nitrogen and oxygen atoms in total. The minimum absolute atomic E-state index is 0.0750. The molecule has 0 bridgehead atoms. The lowest BCUT2D eigenvalue weighted by molar-refractivity contribution is -0.128. The van der Waals surface area contributed by atoms with Crippen LogP contribution in [0.3, 0.4) is 0 Å². The third-order valence-electron chi connectivity index (χ3n) is 6.21. The van der Waals surface area contributed by atoms with Crippen LogP contribution < -0.4 is 10.5 Å². The van der Waals surface area contributed by atoms with Gasteiger partial charge in [0.25, 0.3) is 5.91 Å². The summed E-state index contributed by atoms with van der Waals surface area (Å²) in [7, 11) is 1.77. The van der Waals surface area contributed by atoms with Gasteiger partial charge in [-0.25, -0.2) is 19.0 Å². The number of hydrogen-bond acceptors (Lipinski definition) is 6. The van der Waals surface area contributed by atoms with Gasteiger partial charge in [-0.15, -0.1) is 0 Å². The van der Waals surface area contributed by atoms with Gasteiger partial charge in [-0.3, -0.25) is 4.79 Å². The standard InChI is InChI=1S/C26H23FN6O2/c1-3-5-22(34)32(2)18-13-19(14-18)33-26-23(25(28)29-15-30-26)24(31-33)16-8-10-20(11-9-16)35-21-7-4-6-17(27)12-21/h4,6-12,15,18-19H,13-14H2,1-2H3,(H2,28,29,30). The smallest absolute Gasteiger partial charge is 0.298 e. The normalized spacial score (nSPS) is 16.8. The number of carbonyl (C=O) groups excluding carboxylic acids is 1. The van der Waals surface area contributed by atoms with Gasteiger partial charge in [-0.1, -0.05) is 12.0 Å². The Bertz CT molecular complexity index is 1460. The molecule has 35 heavy (non-hydrogen) atoms. The average Bonchev–Trinajstić information content (AvgIpc) is 3.19. The quantitative estimate of drug-likeness (QED) is 0.439. The molecule has 1 aliphatic carbocycles. The lowest BCUT2D eigenvalue weighted by atomic mass is 9.85. The molecule has 2 aromatic carbocycles. The van der Waals surface area contributed by atoms with E-state index in [0.29, 0.717) is 34.0 Å². The van der Waals surface area contributed by atoms with Crippen molar-refractivity contribution >= 4 is 22.8 Å². The van der Waals surface area contributed by atoms with Crippen molar-refractivity contribution in [3.63, 3.8) is 0 Å². The van der Waals surface area contributed by atoms with E-state index >= 15 is 0 Å². The highest BCUT2D eigenvalue weighted by Gasteiger charge is 2.37. The summed E-state index contributed by atoms with van der Waals surface area (Å²) >= 11 is 0. The lowest BCUT2D eigenvalue weighted by Gasteiger charge is -2.40. The van der Waals surface area contributed by atoms with Crippen LogP contribution in [0.2, 0.25) is 0 Å². The molecule has 0 unspecified atom stereocenters. The van der Waals surface area contributed by atoms with E-state index < -0.39 is 0 Å². The Balaban J connectivity index is 1.41. The van der Waals surface area contributed by atoms with Gasteiger partial charge < -0.3 is 15.4 Å². The van der Waals surface area contributed by atoms with Gasteiger partial charge in [-0.05, 0) is 62.1 Å². The van der Waals surface area contributed by atoms with Gasteiger partial charge in [0.1, 0.15) is 35.2 Å². The number of nitrogen functional groups attached to an aromatic ring is 1. The van der Waals surface area contributed by atoms with Crippen molar-refractivity contribution in [3.8, 4) is 34.6 Å². The third-order valence-corrected chi connectivity index (χ3v) is 6.21. The second-order valence-corrected chi connectivity index (χ2v) is 8.40. The van der Waals surface area contributed by atoms with Crippen molar-refractivity contribution in [1.29, 1.82) is 0 Å². The first-order valence-electron chi connectivity index (χ1n) is 11.2. The maximum absolute atomic E-state index is 13.4. The topological polar surface area (TPSA) is 99.2 Å². The summed E-state index contributed by atoms with van der Waals surface area (Å²) in [5, 5.41) is 5.53. The number of ether oxygens (including phenoxy) is 1. The molecule has 1 aliphatic rings. The Morgan fingerprint density at radius 2 is 1.94 bits per heavy atom. The fraction of sp³-hybridized carbons (Fsp3) is 0.231. The zero-order valence-electron chi connectivity index (χ0n) is 19.3. The molecule has 1 saturated carbocycles. The second kappa shape index (κ2) is 9.06. The molecule has 0 radical (unpaired) electrons. The molecule has 9 heteroatoms. The highest BCUT2D eigenvalue weighted by Crippen LogP contribution is 2.40. The van der Waals surface area contributed by atoms with E-state index in [0.717, 1.165) is 18.4 Å². The first-order chi connectivity index (χ1) is 16.9. The van der Waals surface area contributed by atoms with Crippen molar-refractivity contribution in [3.05, 3.63) is 60.7 Å². The Morgan fingerprint density at radius 1 is 1.17 bits per heavy atom. The fourth-order valence-electron chi connectivity index (χ4n) is 4.24. The minimum Gasteiger partial charge on any atom is -0.457 e. The van der Waals surface area contributed by atoms with Crippen molar-refractivity contribution in [2.24, 2.45) is 0 Å². The van der Waals surface area contributed by atoms with E-state index in [4.69, 9.17) is 15.6 Å². The van der Waals surface area contributed by atoms with Crippen molar-refractivity contribution in [1.82, 2.24) is 24.6 Å². The SMILES string of the molecule is CC#CC(=O)N(C)C1CC(n2nc(-c3ccc(Oc4cccc(F)c4)cc3)c3c(N)ncnc32)C1. The van der Waals surface area contributed by atoms with Crippen LogP contribution in [0.25, 0.3) is 22.3 Å². The van der Waals surface area contributed by atoms with E-state index in [1.54, 1.807) is 43.1 Å². The minimum atomic E-state index is -0.362. The zero-order valence-corrected chi connectivity index (χ0v) is 19.3. The Labute approximate surface area is 201 Å². The summed E-state index contributed by atoms with van der Waals surface area (Å²) in [4.78, 5) is 22.4. The zero-order chi connectivity index (χ0) is 24.5. The molecule has 1 amide bonds. The molecule has 1 fully saturated rings. The van der Waals surface area contributed by atoms with Crippen LogP contribution in [-0.4, -0.2) is 43.6 Å². The van der Waals surface area contributed by atoms with E-state index in [-0.39, 0.29) is 23.8 Å². The van der Waals surface area contributed by atoms with Gasteiger partial charge in [0, 0.05) is 24.7 Å². The number of aromatic nitrogens is 4. The number of fused-ring (bicyclic) bond motifs is 1. The van der Waals surface area contributed by atoms with Gasteiger partial charge >= 0.3 is 0 Å². The molecular weight excluding hydrogens is 447 g/mol. The predicted molar refractivity (Wildman–Crippen MR) is 130 cm³/mol. The molecule has 2 heterocycles. The number of nitrogens with zero attached hydrogens (tertiary/aromatic N) is 5. The van der Waals surface area contributed by atoms with Gasteiger partial charge in [-0.2, -0.15) is 5.10 Å². The molecule has 176 valence electrons. The van der Waals surface area contributed by atoms with Gasteiger partial charge in [0.2, 0.25) is 0 Å². The summed E-state index contributed by atoms with van der Waals surface area (Å²) in [6.07, 6.45) is 2.92. The van der Waals surface area contributed by atoms with E-state index in [9.17, 15) is 9.18 Å². The van der Waals surface area contributed by atoms with E-state index in [1.165, 1.54) is 18.5 Å². The number of carbonyl (C=O) groups is 1. The van der Waals surface area contributed by atoms with Crippen molar-refractivity contribution < 1.29 is 13.9 Å². The maximum atomic E-state index is 13.4. The number of anilines is 1. The van der Waals surface area contributed by atoms with Crippen molar-refractivity contribution in [2.75, 3.05) is 12.8 Å². The monoisotopic (exact) mass is 470 g/mol. The average molecular weight is 471 g/mol. The highest BCUT2D eigenvalue weighted by molar-refractivity contribution is 5.98. The summed E-state index contributed by atoms with van der Waals surface area (Å²) in [6, 6.07) is 13.5. The Kier molecular flexibility index (Phi) is 5.79. The molecular formula is C26H23FN6O2. The van der Waals surface area contributed by atoms with Crippen LogP contribution >= 0.6 is 0 Å². The molecule has 4 aromatic rings. The Hall–Kier alpha value is -4.45. The molecule has 5 rings (SSSR count). The summed E-state index contributed by atoms with van der Waals surface area (Å²) < 4.78 is 21.1. The fourth-order valence-corrected chi connectivity index (χ4v) is 4.24. The van der Waals surface area contributed by atoms with Gasteiger partial charge in [0.15, 0.2) is 5.65 Å². The van der Waals surface area contributed by atoms with Gasteiger partial charge in [0.05, 0.1) is 11.4 Å². The number of benzene rings is 2. The summed E-state index contributed by atoms with van der Waals surface area (Å²) in [5.74, 6) is 6.01. The highest BCUT2D eigenvalue weighted by atomic mass is 19.1. The van der Waals surface area contributed by atoms with Crippen LogP contribution in [0.4, 0.5) is 10.2 Å². The molecule has 2 aromatic heterocycles. The number of hydrogen-bond donors (Lipinski definition) is 1. The predicted octanol–water partition coefficient (Wildman–Crippen LogP) is 4.19. The third kappa shape index (κ3) is 4.26. The molecule has 0 aliphatic heterocycles.